The Morgan fingerprint density at radius 3 is 2.48 bits per heavy atom. The van der Waals surface area contributed by atoms with Crippen molar-refractivity contribution in [3.63, 3.8) is 0 Å². The fourth-order valence-corrected chi connectivity index (χ4v) is 5.37. The molecule has 0 amide bonds. The van der Waals surface area contributed by atoms with Gasteiger partial charge in [0, 0.05) is 11.5 Å². The summed E-state index contributed by atoms with van der Waals surface area (Å²) in [6.45, 7) is 8.78. The Balaban J connectivity index is 2.21. The Hall–Kier alpha value is -0.590. The van der Waals surface area contributed by atoms with Gasteiger partial charge >= 0.3 is 0 Å². The summed E-state index contributed by atoms with van der Waals surface area (Å²) >= 11 is 0. The number of hydrogen-bond acceptors (Lipinski definition) is 2. The monoisotopic (exact) mass is 308 g/mol. The van der Waals surface area contributed by atoms with E-state index in [-0.39, 0.29) is 6.10 Å². The molecule has 1 aromatic carbocycles. The summed E-state index contributed by atoms with van der Waals surface area (Å²) in [7, 11) is -2.72. The second-order valence-corrected chi connectivity index (χ2v) is 9.50. The van der Waals surface area contributed by atoms with Gasteiger partial charge in [0.25, 0.3) is 0 Å². The lowest BCUT2D eigenvalue weighted by molar-refractivity contribution is 0.0500. The lowest BCUT2D eigenvalue weighted by atomic mass is 9.75. The molecular formula is C18H29O2P. The molecule has 0 heterocycles. The smallest absolute Gasteiger partial charge is 0.232 e. The SMILES string of the molecule is CC[P@@](=O)(O[C@@H]1C[C@H](C)CC[C@H]1C(C)C)c1ccccc1. The molecule has 2 nitrogen and oxygen atoms in total. The maximum atomic E-state index is 13.3. The molecular weight excluding hydrogens is 279 g/mol. The second-order valence-electron chi connectivity index (χ2n) is 6.80. The zero-order chi connectivity index (χ0) is 15.5. The van der Waals surface area contributed by atoms with E-state index in [4.69, 9.17) is 4.52 Å². The molecule has 0 saturated heterocycles. The van der Waals surface area contributed by atoms with Crippen LogP contribution in [0.15, 0.2) is 30.3 Å². The van der Waals surface area contributed by atoms with Gasteiger partial charge in [-0.2, -0.15) is 0 Å². The van der Waals surface area contributed by atoms with E-state index in [1.807, 2.05) is 37.3 Å². The molecule has 2 rings (SSSR count). The third kappa shape index (κ3) is 3.99. The molecule has 0 aromatic heterocycles. The molecule has 21 heavy (non-hydrogen) atoms. The molecule has 3 heteroatoms. The molecule has 0 spiro atoms. The van der Waals surface area contributed by atoms with E-state index >= 15 is 0 Å². The highest BCUT2D eigenvalue weighted by Gasteiger charge is 2.36. The van der Waals surface area contributed by atoms with Crippen LogP contribution in [0.25, 0.3) is 0 Å². The van der Waals surface area contributed by atoms with Crippen LogP contribution in [-0.4, -0.2) is 12.3 Å². The van der Waals surface area contributed by atoms with Crippen LogP contribution in [0.5, 0.6) is 0 Å². The maximum Gasteiger partial charge on any atom is 0.232 e. The molecule has 1 saturated carbocycles. The fraction of sp³-hybridized carbons (Fsp3) is 0.667. The van der Waals surface area contributed by atoms with Gasteiger partial charge in [-0.25, -0.2) is 0 Å². The lowest BCUT2D eigenvalue weighted by Gasteiger charge is -2.38. The molecule has 1 aliphatic carbocycles. The van der Waals surface area contributed by atoms with Gasteiger partial charge in [0.15, 0.2) is 0 Å². The molecule has 1 aliphatic rings. The van der Waals surface area contributed by atoms with Crippen LogP contribution in [-0.2, 0) is 9.09 Å². The zero-order valence-corrected chi connectivity index (χ0v) is 14.7. The van der Waals surface area contributed by atoms with Crippen molar-refractivity contribution in [1.29, 1.82) is 0 Å². The highest BCUT2D eigenvalue weighted by molar-refractivity contribution is 7.66. The Morgan fingerprint density at radius 1 is 1.24 bits per heavy atom. The summed E-state index contributed by atoms with van der Waals surface area (Å²) in [5.41, 5.74) is 0. The topological polar surface area (TPSA) is 26.3 Å². The van der Waals surface area contributed by atoms with E-state index in [9.17, 15) is 4.57 Å². The normalized spacial score (nSPS) is 29.3. The molecule has 0 bridgehead atoms. The molecule has 4 atom stereocenters. The summed E-state index contributed by atoms with van der Waals surface area (Å²) in [5.74, 6) is 1.79. The first-order chi connectivity index (χ1) is 9.96. The largest absolute Gasteiger partial charge is 0.322 e. The maximum absolute atomic E-state index is 13.3. The Kier molecular flexibility index (Phi) is 5.68. The van der Waals surface area contributed by atoms with Crippen molar-refractivity contribution < 1.29 is 9.09 Å². The minimum absolute atomic E-state index is 0.139. The van der Waals surface area contributed by atoms with Crippen molar-refractivity contribution in [3.05, 3.63) is 30.3 Å². The van der Waals surface area contributed by atoms with E-state index in [1.165, 1.54) is 12.8 Å². The minimum Gasteiger partial charge on any atom is -0.322 e. The standard InChI is InChI=1S/C18H29O2P/c1-5-21(19,16-9-7-6-8-10-16)20-18-13-15(4)11-12-17(18)14(2)3/h6-10,14-15,17-18H,5,11-13H2,1-4H3/t15-,17+,18-,21-/m1/s1. The molecule has 0 N–H and O–H groups in total. The van der Waals surface area contributed by atoms with E-state index in [0.29, 0.717) is 23.9 Å². The number of hydrogen-bond donors (Lipinski definition) is 0. The highest BCUT2D eigenvalue weighted by Crippen LogP contribution is 2.50. The molecule has 118 valence electrons. The van der Waals surface area contributed by atoms with Crippen LogP contribution in [0, 0.1) is 17.8 Å². The first-order valence-corrected chi connectivity index (χ1v) is 10.1. The van der Waals surface area contributed by atoms with E-state index in [1.54, 1.807) is 0 Å². The van der Waals surface area contributed by atoms with Crippen LogP contribution >= 0.6 is 7.37 Å². The molecule has 0 radical (unpaired) electrons. The van der Waals surface area contributed by atoms with Crippen molar-refractivity contribution in [1.82, 2.24) is 0 Å². The van der Waals surface area contributed by atoms with Gasteiger partial charge in [0.05, 0.1) is 6.10 Å². The summed E-state index contributed by atoms with van der Waals surface area (Å²) in [4.78, 5) is 0. The number of rotatable bonds is 5. The molecule has 0 unspecified atom stereocenters. The van der Waals surface area contributed by atoms with E-state index < -0.39 is 7.37 Å². The van der Waals surface area contributed by atoms with E-state index in [0.717, 1.165) is 11.7 Å². The van der Waals surface area contributed by atoms with Crippen molar-refractivity contribution in [2.24, 2.45) is 17.8 Å². The third-order valence-electron chi connectivity index (χ3n) is 4.83. The van der Waals surface area contributed by atoms with E-state index in [2.05, 4.69) is 20.8 Å². The molecule has 1 fully saturated rings. The summed E-state index contributed by atoms with van der Waals surface area (Å²) in [6.07, 6.45) is 4.22. The van der Waals surface area contributed by atoms with Gasteiger partial charge in [-0.15, -0.1) is 0 Å². The van der Waals surface area contributed by atoms with Gasteiger partial charge in [0.2, 0.25) is 7.37 Å². The van der Waals surface area contributed by atoms with Gasteiger partial charge in [-0.1, -0.05) is 52.3 Å². The van der Waals surface area contributed by atoms with Crippen LogP contribution in [0.1, 0.15) is 47.0 Å². The third-order valence-corrected chi connectivity index (χ3v) is 7.36. The van der Waals surface area contributed by atoms with Crippen molar-refractivity contribution >= 4 is 12.7 Å². The first-order valence-electron chi connectivity index (χ1n) is 8.29. The summed E-state index contributed by atoms with van der Waals surface area (Å²) < 4.78 is 19.6. The average Bonchev–Trinajstić information content (AvgIpc) is 2.47. The molecule has 1 aromatic rings. The lowest BCUT2D eigenvalue weighted by Crippen LogP contribution is -2.34. The van der Waals surface area contributed by atoms with Crippen LogP contribution in [0.4, 0.5) is 0 Å². The quantitative estimate of drug-likeness (QED) is 0.708. The summed E-state index contributed by atoms with van der Waals surface area (Å²) in [6, 6.07) is 9.75. The number of benzene rings is 1. The Morgan fingerprint density at radius 2 is 1.90 bits per heavy atom. The van der Waals surface area contributed by atoms with Gasteiger partial charge in [-0.05, 0) is 42.7 Å². The Bertz CT molecular complexity index is 483. The second kappa shape index (κ2) is 7.11. The Labute approximate surface area is 129 Å². The van der Waals surface area contributed by atoms with Crippen molar-refractivity contribution in [2.45, 2.75) is 53.1 Å². The average molecular weight is 308 g/mol. The van der Waals surface area contributed by atoms with Gasteiger partial charge in [-0.3, -0.25) is 4.57 Å². The van der Waals surface area contributed by atoms with Gasteiger partial charge in [0.1, 0.15) is 0 Å². The predicted octanol–water partition coefficient (Wildman–Crippen LogP) is 5.09. The van der Waals surface area contributed by atoms with Crippen LogP contribution in [0.3, 0.4) is 0 Å². The predicted molar refractivity (Wildman–Crippen MR) is 90.4 cm³/mol. The van der Waals surface area contributed by atoms with Crippen LogP contribution < -0.4 is 5.30 Å². The fourth-order valence-electron chi connectivity index (χ4n) is 3.43. The van der Waals surface area contributed by atoms with Crippen molar-refractivity contribution in [3.8, 4) is 0 Å². The summed E-state index contributed by atoms with van der Waals surface area (Å²) in [5, 5.41) is 0.869. The minimum atomic E-state index is -2.72. The van der Waals surface area contributed by atoms with Gasteiger partial charge < -0.3 is 4.52 Å². The van der Waals surface area contributed by atoms with Crippen molar-refractivity contribution in [2.75, 3.05) is 6.16 Å². The molecule has 0 aliphatic heterocycles. The zero-order valence-electron chi connectivity index (χ0n) is 13.8. The highest BCUT2D eigenvalue weighted by atomic mass is 31.2. The first kappa shape index (κ1) is 16.8. The van der Waals surface area contributed by atoms with Crippen LogP contribution in [0.2, 0.25) is 0 Å².